The van der Waals surface area contributed by atoms with E-state index in [0.717, 1.165) is 33.5 Å². The largest absolute Gasteiger partial charge is 0.488 e. The van der Waals surface area contributed by atoms with E-state index < -0.39 is 0 Å². The Kier molecular flexibility index (Phi) is 7.10. The highest BCUT2D eigenvalue weighted by molar-refractivity contribution is 9.10. The monoisotopic (exact) mass is 582 g/mol. The van der Waals surface area contributed by atoms with Gasteiger partial charge in [-0.25, -0.2) is 0 Å². The number of allylic oxidation sites excluding steroid dienone is 2. The number of halogens is 2. The van der Waals surface area contributed by atoms with Crippen molar-refractivity contribution in [1.29, 1.82) is 0 Å². The molecule has 0 saturated heterocycles. The summed E-state index contributed by atoms with van der Waals surface area (Å²) in [4.78, 5) is 4.71. The lowest BCUT2D eigenvalue weighted by Gasteiger charge is -2.37. The summed E-state index contributed by atoms with van der Waals surface area (Å²) in [6.45, 7) is 2.58. The van der Waals surface area contributed by atoms with Crippen LogP contribution in [-0.2, 0) is 6.61 Å². The van der Waals surface area contributed by atoms with Crippen LogP contribution in [0.2, 0.25) is 5.02 Å². The highest BCUT2D eigenvalue weighted by atomic mass is 79.9. The van der Waals surface area contributed by atoms with Gasteiger partial charge in [-0.05, 0) is 94.3 Å². The molecule has 1 N–H and O–H groups in total. The van der Waals surface area contributed by atoms with E-state index in [2.05, 4.69) is 82.8 Å². The fourth-order valence-corrected chi connectivity index (χ4v) is 6.15. The molecule has 1 aliphatic carbocycles. The second kappa shape index (κ2) is 10.8. The number of anilines is 1. The number of ether oxygens (including phenoxy) is 1. The number of aryl methyl sites for hydroxylation is 1. The molecule has 0 unspecified atom stereocenters. The summed E-state index contributed by atoms with van der Waals surface area (Å²) < 4.78 is 6.84. The van der Waals surface area contributed by atoms with Crippen LogP contribution in [-0.4, -0.2) is 6.21 Å². The Hall–Kier alpha value is -3.34. The lowest BCUT2D eigenvalue weighted by atomic mass is 9.76. The van der Waals surface area contributed by atoms with Gasteiger partial charge in [-0.1, -0.05) is 71.8 Å². The molecular weight excluding hydrogens is 556 g/mol. The molecule has 0 saturated carbocycles. The summed E-state index contributed by atoms with van der Waals surface area (Å²) in [7, 11) is 0. The van der Waals surface area contributed by atoms with Gasteiger partial charge in [0.25, 0.3) is 0 Å². The highest BCUT2D eigenvalue weighted by Gasteiger charge is 2.37. The molecule has 190 valence electrons. The third-order valence-corrected chi connectivity index (χ3v) is 8.42. The van der Waals surface area contributed by atoms with Crippen molar-refractivity contribution in [1.82, 2.24) is 0 Å². The van der Waals surface area contributed by atoms with Crippen LogP contribution in [0.25, 0.3) is 0 Å². The smallest absolute Gasteiger partial charge is 0.134 e. The fourth-order valence-electron chi connectivity index (χ4n) is 5.45. The standard InChI is InChI=1S/C33H28BrClN2O/c1-21-9-15-31-28(17-21)26-6-4-7-27(26)33(37-31)23-11-13-25(14-12-23)36-19-22-10-16-32(29(34)18-22)38-20-24-5-2-3-8-30(24)35/h2-6,8-19,26-27,33,37H,7,20H2,1H3/t26-,27-,33+/m1/s1. The van der Waals surface area contributed by atoms with Crippen molar-refractivity contribution in [2.45, 2.75) is 31.9 Å². The number of aliphatic imine (C=N–C) groups is 1. The average Bonchev–Trinajstić information content (AvgIpc) is 3.43. The molecule has 6 rings (SSSR count). The summed E-state index contributed by atoms with van der Waals surface area (Å²) in [6, 6.07) is 29.3. The molecule has 4 aromatic rings. The molecule has 1 heterocycles. The van der Waals surface area contributed by atoms with Gasteiger partial charge in [-0.15, -0.1) is 0 Å². The molecule has 1 aliphatic heterocycles. The Morgan fingerprint density at radius 2 is 1.87 bits per heavy atom. The van der Waals surface area contributed by atoms with E-state index in [1.165, 1.54) is 22.4 Å². The fraction of sp³-hybridized carbons (Fsp3) is 0.182. The Balaban J connectivity index is 1.13. The number of hydrogen-bond donors (Lipinski definition) is 1. The van der Waals surface area contributed by atoms with E-state index in [0.29, 0.717) is 23.5 Å². The number of hydrogen-bond acceptors (Lipinski definition) is 3. The minimum Gasteiger partial charge on any atom is -0.488 e. The molecule has 0 amide bonds. The number of rotatable bonds is 6. The Bertz CT molecular complexity index is 1530. The maximum atomic E-state index is 6.24. The average molecular weight is 584 g/mol. The van der Waals surface area contributed by atoms with Crippen molar-refractivity contribution in [3.63, 3.8) is 0 Å². The lowest BCUT2D eigenvalue weighted by Crippen LogP contribution is -2.29. The zero-order valence-electron chi connectivity index (χ0n) is 21.1. The first-order valence-electron chi connectivity index (χ1n) is 12.9. The Labute approximate surface area is 237 Å². The van der Waals surface area contributed by atoms with Crippen LogP contribution >= 0.6 is 27.5 Å². The van der Waals surface area contributed by atoms with E-state index in [9.17, 15) is 0 Å². The summed E-state index contributed by atoms with van der Waals surface area (Å²) in [5.41, 5.74) is 8.17. The number of nitrogens with one attached hydrogen (secondary N) is 1. The van der Waals surface area contributed by atoms with Gasteiger partial charge >= 0.3 is 0 Å². The Morgan fingerprint density at radius 1 is 1.03 bits per heavy atom. The van der Waals surface area contributed by atoms with Gasteiger partial charge in [0, 0.05) is 28.4 Å². The van der Waals surface area contributed by atoms with E-state index in [-0.39, 0.29) is 6.04 Å². The molecule has 0 bridgehead atoms. The number of fused-ring (bicyclic) bond motifs is 3. The molecule has 0 fully saturated rings. The first-order valence-corrected chi connectivity index (χ1v) is 14.1. The minimum atomic E-state index is 0.289. The SMILES string of the molecule is Cc1ccc2c(c1)[C@@H]1C=CC[C@H]1[C@H](c1ccc(N=Cc3ccc(OCc4ccccc4Cl)c(Br)c3)cc1)N2. The predicted molar refractivity (Wildman–Crippen MR) is 161 cm³/mol. The molecule has 0 spiro atoms. The molecule has 0 radical (unpaired) electrons. The van der Waals surface area contributed by atoms with E-state index in [1.807, 2.05) is 48.7 Å². The molecule has 5 heteroatoms. The molecule has 3 atom stereocenters. The number of nitrogens with zero attached hydrogens (tertiary/aromatic N) is 1. The number of benzene rings is 4. The van der Waals surface area contributed by atoms with Gasteiger partial charge in [0.2, 0.25) is 0 Å². The summed E-state index contributed by atoms with van der Waals surface area (Å²) in [5.74, 6) is 1.78. The van der Waals surface area contributed by atoms with Gasteiger partial charge in [0.1, 0.15) is 12.4 Å². The van der Waals surface area contributed by atoms with Gasteiger partial charge in [0.05, 0.1) is 16.2 Å². The van der Waals surface area contributed by atoms with Crippen molar-refractivity contribution in [2.24, 2.45) is 10.9 Å². The minimum absolute atomic E-state index is 0.289. The quantitative estimate of drug-likeness (QED) is 0.181. The van der Waals surface area contributed by atoms with Gasteiger partial charge in [-0.3, -0.25) is 4.99 Å². The first-order chi connectivity index (χ1) is 18.5. The van der Waals surface area contributed by atoms with Crippen LogP contribution in [0.1, 0.15) is 46.2 Å². The van der Waals surface area contributed by atoms with Crippen LogP contribution in [0.5, 0.6) is 5.75 Å². The lowest BCUT2D eigenvalue weighted by molar-refractivity contribution is 0.304. The zero-order chi connectivity index (χ0) is 26.1. The van der Waals surface area contributed by atoms with Crippen molar-refractivity contribution in [2.75, 3.05) is 5.32 Å². The normalized spacial score (nSPS) is 19.7. The summed E-state index contributed by atoms with van der Waals surface area (Å²) in [5, 5.41) is 4.53. The van der Waals surface area contributed by atoms with E-state index in [4.69, 9.17) is 21.3 Å². The molecule has 4 aromatic carbocycles. The second-order valence-corrected chi connectivity index (χ2v) is 11.2. The van der Waals surface area contributed by atoms with Crippen LogP contribution in [0.4, 0.5) is 11.4 Å². The molecule has 3 nitrogen and oxygen atoms in total. The van der Waals surface area contributed by atoms with Crippen LogP contribution < -0.4 is 10.1 Å². The Morgan fingerprint density at radius 3 is 2.68 bits per heavy atom. The zero-order valence-corrected chi connectivity index (χ0v) is 23.4. The van der Waals surface area contributed by atoms with Crippen molar-refractivity contribution in [3.8, 4) is 5.75 Å². The first kappa shape index (κ1) is 25.0. The topological polar surface area (TPSA) is 33.6 Å². The maximum absolute atomic E-state index is 6.24. The van der Waals surface area contributed by atoms with Crippen LogP contribution in [0, 0.1) is 12.8 Å². The highest BCUT2D eigenvalue weighted by Crippen LogP contribution is 2.50. The molecular formula is C33H28BrClN2O. The van der Waals surface area contributed by atoms with Crippen molar-refractivity contribution < 1.29 is 4.74 Å². The van der Waals surface area contributed by atoms with Crippen LogP contribution in [0.15, 0.2) is 107 Å². The predicted octanol–water partition coefficient (Wildman–Crippen LogP) is 9.57. The van der Waals surface area contributed by atoms with E-state index in [1.54, 1.807) is 0 Å². The third kappa shape index (κ3) is 5.16. The van der Waals surface area contributed by atoms with E-state index >= 15 is 0 Å². The van der Waals surface area contributed by atoms with Crippen molar-refractivity contribution in [3.05, 3.63) is 134 Å². The van der Waals surface area contributed by atoms with Gasteiger partial charge in [0.15, 0.2) is 0 Å². The summed E-state index contributed by atoms with van der Waals surface area (Å²) >= 11 is 9.87. The molecule has 38 heavy (non-hydrogen) atoms. The van der Waals surface area contributed by atoms with Crippen molar-refractivity contribution >= 4 is 45.1 Å². The van der Waals surface area contributed by atoms with Gasteiger partial charge in [-0.2, -0.15) is 0 Å². The molecule has 0 aromatic heterocycles. The van der Waals surface area contributed by atoms with Gasteiger partial charge < -0.3 is 10.1 Å². The third-order valence-electron chi connectivity index (χ3n) is 7.43. The maximum Gasteiger partial charge on any atom is 0.134 e. The molecule has 2 aliphatic rings. The summed E-state index contributed by atoms with van der Waals surface area (Å²) in [6.07, 6.45) is 7.71. The second-order valence-electron chi connectivity index (χ2n) is 9.99. The van der Waals surface area contributed by atoms with Crippen LogP contribution in [0.3, 0.4) is 0 Å².